The highest BCUT2D eigenvalue weighted by Crippen LogP contribution is 2.31. The fourth-order valence-corrected chi connectivity index (χ4v) is 6.56. The average molecular weight is 580 g/mol. The maximum atomic E-state index is 14.1. The van der Waals surface area contributed by atoms with Crippen LogP contribution in [-0.2, 0) is 16.1 Å². The van der Waals surface area contributed by atoms with Gasteiger partial charge in [-0.1, -0.05) is 79.8 Å². The summed E-state index contributed by atoms with van der Waals surface area (Å²) in [6.07, 6.45) is 3.91. The number of hydrogen-bond donors (Lipinski definition) is 0. The number of allylic oxidation sites excluding steroid dienone is 1. The maximum absolute atomic E-state index is 14.1. The van der Waals surface area contributed by atoms with Crippen molar-refractivity contribution in [1.82, 2.24) is 9.13 Å². The molecule has 212 valence electrons. The average Bonchev–Trinajstić information content (AvgIpc) is 3.49. The number of benzene rings is 3. The molecule has 0 N–H and O–H groups in total. The van der Waals surface area contributed by atoms with Crippen LogP contribution in [0.1, 0.15) is 55.0 Å². The fraction of sp³-hybridized carbons (Fsp3) is 0.206. The Bertz CT molecular complexity index is 2030. The van der Waals surface area contributed by atoms with E-state index in [9.17, 15) is 14.0 Å². The molecule has 5 aromatic rings. The van der Waals surface area contributed by atoms with Crippen LogP contribution in [0, 0.1) is 5.82 Å². The van der Waals surface area contributed by atoms with Crippen molar-refractivity contribution in [2.45, 2.75) is 39.3 Å². The molecule has 6 nitrogen and oxygen atoms in total. The molecular weight excluding hydrogens is 549 g/mol. The lowest BCUT2D eigenvalue weighted by atomic mass is 9.93. The van der Waals surface area contributed by atoms with Crippen LogP contribution >= 0.6 is 11.3 Å². The summed E-state index contributed by atoms with van der Waals surface area (Å²) < 4.78 is 22.8. The van der Waals surface area contributed by atoms with Crippen molar-refractivity contribution in [2.24, 2.45) is 4.99 Å². The molecule has 1 aliphatic heterocycles. The molecule has 0 aliphatic carbocycles. The molecule has 6 rings (SSSR count). The molecule has 1 atom stereocenters. The van der Waals surface area contributed by atoms with E-state index >= 15 is 0 Å². The van der Waals surface area contributed by atoms with Crippen molar-refractivity contribution in [3.05, 3.63) is 138 Å². The molecule has 3 aromatic carbocycles. The fourth-order valence-electron chi connectivity index (χ4n) is 5.52. The van der Waals surface area contributed by atoms with Gasteiger partial charge in [0.05, 0.1) is 29.0 Å². The van der Waals surface area contributed by atoms with Crippen molar-refractivity contribution >= 4 is 34.3 Å². The van der Waals surface area contributed by atoms with E-state index in [0.717, 1.165) is 27.6 Å². The summed E-state index contributed by atoms with van der Waals surface area (Å²) in [6, 6.07) is 21.8. The van der Waals surface area contributed by atoms with E-state index in [1.54, 1.807) is 23.6 Å². The largest absolute Gasteiger partial charge is 0.466 e. The van der Waals surface area contributed by atoms with Gasteiger partial charge in [-0.15, -0.1) is 0 Å². The van der Waals surface area contributed by atoms with Crippen molar-refractivity contribution in [3.63, 3.8) is 0 Å². The van der Waals surface area contributed by atoms with Crippen LogP contribution in [0.15, 0.2) is 100 Å². The number of aromatic nitrogens is 2. The van der Waals surface area contributed by atoms with Gasteiger partial charge in [-0.2, -0.15) is 0 Å². The smallest absolute Gasteiger partial charge is 0.338 e. The van der Waals surface area contributed by atoms with E-state index in [1.807, 2.05) is 60.8 Å². The summed E-state index contributed by atoms with van der Waals surface area (Å²) in [5.74, 6) is -0.428. The third kappa shape index (κ3) is 4.92. The standard InChI is InChI=1S/C34H30FN3O3S/c1-20(2)23-11-13-24(14-12-23)31-30(33(40)41-4)21(3)36-34-38(31)32(39)29(42-34)17-25-19-37(28-8-6-5-7-27(25)28)18-22-9-15-26(35)16-10-22/h5-17,19-20,31H,18H2,1-4H3/b29-17+/t31-/m0/s1. The number of thiazole rings is 1. The number of rotatable bonds is 6. The van der Waals surface area contributed by atoms with Gasteiger partial charge in [0.1, 0.15) is 5.82 Å². The van der Waals surface area contributed by atoms with Gasteiger partial charge in [0.2, 0.25) is 0 Å². The van der Waals surface area contributed by atoms with Crippen LogP contribution in [0.25, 0.3) is 17.0 Å². The minimum absolute atomic E-state index is 0.221. The molecule has 0 saturated carbocycles. The molecule has 0 fully saturated rings. The van der Waals surface area contributed by atoms with Gasteiger partial charge >= 0.3 is 5.97 Å². The molecule has 0 amide bonds. The molecule has 0 radical (unpaired) electrons. The SMILES string of the molecule is COC(=O)C1=C(C)N=c2s/c(=C/c3cn(Cc4ccc(F)cc4)c4ccccc34)c(=O)n2[C@H]1c1ccc(C(C)C)cc1. The lowest BCUT2D eigenvalue weighted by molar-refractivity contribution is -0.136. The zero-order valence-electron chi connectivity index (χ0n) is 23.8. The van der Waals surface area contributed by atoms with Crippen LogP contribution < -0.4 is 14.9 Å². The number of hydrogen-bond acceptors (Lipinski definition) is 5. The van der Waals surface area contributed by atoms with E-state index in [-0.39, 0.29) is 11.4 Å². The number of ether oxygens (including phenoxy) is 1. The first kappa shape index (κ1) is 27.6. The molecule has 2 aromatic heterocycles. The lowest BCUT2D eigenvalue weighted by Gasteiger charge is -2.24. The van der Waals surface area contributed by atoms with E-state index in [4.69, 9.17) is 4.74 Å². The van der Waals surface area contributed by atoms with Crippen molar-refractivity contribution < 1.29 is 13.9 Å². The summed E-state index contributed by atoms with van der Waals surface area (Å²) in [5.41, 5.74) is 5.51. The second-order valence-corrected chi connectivity index (χ2v) is 11.8. The number of esters is 1. The van der Waals surface area contributed by atoms with Gasteiger partial charge in [-0.05, 0) is 53.8 Å². The van der Waals surface area contributed by atoms with E-state index in [0.29, 0.717) is 33.1 Å². The summed E-state index contributed by atoms with van der Waals surface area (Å²) in [7, 11) is 1.34. The van der Waals surface area contributed by atoms with Crippen LogP contribution in [-0.4, -0.2) is 22.2 Å². The van der Waals surface area contributed by atoms with Gasteiger partial charge in [0, 0.05) is 29.2 Å². The van der Waals surface area contributed by atoms with Crippen LogP contribution in [0.4, 0.5) is 4.39 Å². The topological polar surface area (TPSA) is 65.6 Å². The normalized spacial score (nSPS) is 15.3. The zero-order valence-corrected chi connectivity index (χ0v) is 24.6. The van der Waals surface area contributed by atoms with Gasteiger partial charge in [-0.25, -0.2) is 14.2 Å². The Kier molecular flexibility index (Phi) is 7.24. The Labute approximate surface area is 246 Å². The van der Waals surface area contributed by atoms with Gasteiger partial charge in [0.25, 0.3) is 5.56 Å². The Hall–Kier alpha value is -4.56. The predicted octanol–water partition coefficient (Wildman–Crippen LogP) is 5.67. The highest BCUT2D eigenvalue weighted by atomic mass is 32.1. The molecule has 0 saturated heterocycles. The Balaban J connectivity index is 1.50. The monoisotopic (exact) mass is 579 g/mol. The van der Waals surface area contributed by atoms with E-state index < -0.39 is 12.0 Å². The Morgan fingerprint density at radius 3 is 2.48 bits per heavy atom. The molecule has 0 unspecified atom stereocenters. The first-order valence-corrected chi connectivity index (χ1v) is 14.6. The molecule has 0 spiro atoms. The number of carbonyl (C=O) groups excluding carboxylic acids is 1. The molecular formula is C34H30FN3O3S. The maximum Gasteiger partial charge on any atom is 0.338 e. The van der Waals surface area contributed by atoms with Gasteiger partial charge in [0.15, 0.2) is 4.80 Å². The van der Waals surface area contributed by atoms with Crippen molar-refractivity contribution in [1.29, 1.82) is 0 Å². The number of carbonyl (C=O) groups is 1. The highest BCUT2D eigenvalue weighted by molar-refractivity contribution is 7.07. The summed E-state index contributed by atoms with van der Waals surface area (Å²) >= 11 is 1.30. The number of halogens is 1. The van der Waals surface area contributed by atoms with Crippen molar-refractivity contribution in [2.75, 3.05) is 7.11 Å². The minimum atomic E-state index is -0.656. The molecule has 1 aliphatic rings. The van der Waals surface area contributed by atoms with E-state index in [2.05, 4.69) is 23.4 Å². The minimum Gasteiger partial charge on any atom is -0.466 e. The third-order valence-electron chi connectivity index (χ3n) is 7.72. The van der Waals surface area contributed by atoms with Gasteiger partial charge in [-0.3, -0.25) is 9.36 Å². The Morgan fingerprint density at radius 1 is 1.07 bits per heavy atom. The molecule has 3 heterocycles. The summed E-state index contributed by atoms with van der Waals surface area (Å²) in [5, 5.41) is 0.998. The van der Waals surface area contributed by atoms with Crippen molar-refractivity contribution in [3.8, 4) is 0 Å². The second kappa shape index (κ2) is 11.0. The van der Waals surface area contributed by atoms with E-state index in [1.165, 1.54) is 36.1 Å². The van der Waals surface area contributed by atoms with Crippen LogP contribution in [0.5, 0.6) is 0 Å². The highest BCUT2D eigenvalue weighted by Gasteiger charge is 2.33. The molecule has 42 heavy (non-hydrogen) atoms. The zero-order chi connectivity index (χ0) is 29.5. The summed E-state index contributed by atoms with van der Waals surface area (Å²) in [4.78, 5) is 32.3. The number of nitrogens with zero attached hydrogens (tertiary/aromatic N) is 3. The third-order valence-corrected chi connectivity index (χ3v) is 8.70. The van der Waals surface area contributed by atoms with Gasteiger partial charge < -0.3 is 9.30 Å². The second-order valence-electron chi connectivity index (χ2n) is 10.8. The Morgan fingerprint density at radius 2 is 1.79 bits per heavy atom. The first-order chi connectivity index (χ1) is 20.2. The van der Waals surface area contributed by atoms with Crippen LogP contribution in [0.3, 0.4) is 0 Å². The number of methoxy groups -OCH3 is 1. The molecule has 8 heteroatoms. The van der Waals surface area contributed by atoms with Crippen LogP contribution in [0.2, 0.25) is 0 Å². The quantitative estimate of drug-likeness (QED) is 0.244. The number of para-hydroxylation sites is 1. The summed E-state index contributed by atoms with van der Waals surface area (Å²) in [6.45, 7) is 6.59. The predicted molar refractivity (Wildman–Crippen MR) is 164 cm³/mol. The first-order valence-electron chi connectivity index (χ1n) is 13.8. The molecule has 0 bridgehead atoms. The lowest BCUT2D eigenvalue weighted by Crippen LogP contribution is -2.39. The number of fused-ring (bicyclic) bond motifs is 2.